The van der Waals surface area contributed by atoms with Crippen molar-refractivity contribution < 1.29 is 42.9 Å². The molecule has 1 saturated heterocycles. The van der Waals surface area contributed by atoms with Gasteiger partial charge in [0.05, 0.1) is 0 Å². The highest BCUT2D eigenvalue weighted by Crippen LogP contribution is 2.27. The van der Waals surface area contributed by atoms with Gasteiger partial charge in [0.25, 0.3) is 0 Å². The second-order valence-electron chi connectivity index (χ2n) is 5.38. The van der Waals surface area contributed by atoms with Crippen LogP contribution in [0.4, 0.5) is 0 Å². The summed E-state index contributed by atoms with van der Waals surface area (Å²) < 4.78 is 25.8. The monoisotopic (exact) mass is 372 g/mol. The van der Waals surface area contributed by atoms with Crippen molar-refractivity contribution in [3.05, 3.63) is 0 Å². The number of ether oxygens (including phenoxy) is 5. The fourth-order valence-electron chi connectivity index (χ4n) is 2.39. The Morgan fingerprint density at radius 3 is 1.92 bits per heavy atom. The number of esters is 4. The minimum absolute atomic E-state index is 0.359. The largest absolute Gasteiger partial charge is 0.463 e. The zero-order chi connectivity index (χ0) is 19.9. The van der Waals surface area contributed by atoms with E-state index in [2.05, 4.69) is 5.32 Å². The number of nitrogens with zero attached hydrogens (tertiary/aromatic N) is 1. The number of carbonyl (C=O) groups is 4. The van der Waals surface area contributed by atoms with Gasteiger partial charge in [-0.1, -0.05) is 0 Å². The van der Waals surface area contributed by atoms with Gasteiger partial charge in [0.15, 0.2) is 18.4 Å². The van der Waals surface area contributed by atoms with Crippen molar-refractivity contribution in [2.24, 2.45) is 0 Å². The average Bonchev–Trinajstić information content (AvgIpc) is 2.49. The maximum atomic E-state index is 11.5. The van der Waals surface area contributed by atoms with Crippen molar-refractivity contribution in [3.8, 4) is 6.19 Å². The predicted molar refractivity (Wildman–Crippen MR) is 80.7 cm³/mol. The molecule has 144 valence electrons. The molecule has 5 unspecified atom stereocenters. The molecule has 0 bridgehead atoms. The summed E-state index contributed by atoms with van der Waals surface area (Å²) in [6.07, 6.45) is -3.27. The van der Waals surface area contributed by atoms with Gasteiger partial charge in [-0.25, -0.2) is 0 Å². The lowest BCUT2D eigenvalue weighted by atomic mass is 9.96. The molecule has 1 aliphatic heterocycles. The standard InChI is InChI=1S/C15H20N2O9/c1-7(18)22-5-11-13(23-8(2)19)14(24-9(3)20)12(17-6-16)15(26-11)25-10(4)21/h11-15,17H,5H2,1-4H3. The van der Waals surface area contributed by atoms with E-state index in [1.807, 2.05) is 0 Å². The molecule has 0 radical (unpaired) electrons. The third kappa shape index (κ3) is 6.21. The highest BCUT2D eigenvalue weighted by Gasteiger charge is 2.51. The molecule has 0 aliphatic carbocycles. The summed E-state index contributed by atoms with van der Waals surface area (Å²) in [4.78, 5) is 45.4. The van der Waals surface area contributed by atoms with Crippen molar-refractivity contribution in [1.29, 1.82) is 5.26 Å². The molecule has 1 rings (SSSR count). The molecule has 1 N–H and O–H groups in total. The van der Waals surface area contributed by atoms with Gasteiger partial charge in [-0.05, 0) is 0 Å². The van der Waals surface area contributed by atoms with Gasteiger partial charge in [0.1, 0.15) is 18.8 Å². The lowest BCUT2D eigenvalue weighted by Crippen LogP contribution is -2.65. The minimum atomic E-state index is -1.36. The Bertz CT molecular complexity index is 600. The molecule has 1 fully saturated rings. The second kappa shape index (κ2) is 9.57. The second-order valence-corrected chi connectivity index (χ2v) is 5.38. The van der Waals surface area contributed by atoms with E-state index in [-0.39, 0.29) is 6.61 Å². The zero-order valence-electron chi connectivity index (χ0n) is 14.7. The normalized spacial score (nSPS) is 27.4. The molecule has 0 aromatic carbocycles. The smallest absolute Gasteiger partial charge is 0.305 e. The van der Waals surface area contributed by atoms with E-state index in [9.17, 15) is 19.2 Å². The number of hydrogen-bond acceptors (Lipinski definition) is 11. The molecule has 0 amide bonds. The van der Waals surface area contributed by atoms with E-state index in [4.69, 9.17) is 28.9 Å². The van der Waals surface area contributed by atoms with Crippen LogP contribution >= 0.6 is 0 Å². The van der Waals surface area contributed by atoms with Gasteiger partial charge in [-0.2, -0.15) is 5.26 Å². The van der Waals surface area contributed by atoms with Crippen molar-refractivity contribution >= 4 is 23.9 Å². The summed E-state index contributed by atoms with van der Waals surface area (Å²) in [6.45, 7) is 4.16. The van der Waals surface area contributed by atoms with Crippen LogP contribution in [0.15, 0.2) is 0 Å². The third-order valence-electron chi connectivity index (χ3n) is 3.21. The highest BCUT2D eigenvalue weighted by atomic mass is 16.7. The Morgan fingerprint density at radius 2 is 1.46 bits per heavy atom. The van der Waals surface area contributed by atoms with Gasteiger partial charge in [0.2, 0.25) is 6.29 Å². The molecule has 11 heteroatoms. The topological polar surface area (TPSA) is 150 Å². The molecule has 26 heavy (non-hydrogen) atoms. The van der Waals surface area contributed by atoms with Gasteiger partial charge in [-0.15, -0.1) is 0 Å². The molecular formula is C15H20N2O9. The van der Waals surface area contributed by atoms with Gasteiger partial charge in [-0.3, -0.25) is 19.2 Å². The molecule has 1 aliphatic rings. The minimum Gasteiger partial charge on any atom is -0.463 e. The van der Waals surface area contributed by atoms with Crippen molar-refractivity contribution in [1.82, 2.24) is 5.32 Å². The molecule has 0 saturated carbocycles. The molecule has 0 aromatic rings. The Kier molecular flexibility index (Phi) is 7.79. The van der Waals surface area contributed by atoms with E-state index in [1.54, 1.807) is 6.19 Å². The fraction of sp³-hybridized carbons (Fsp3) is 0.667. The van der Waals surface area contributed by atoms with Gasteiger partial charge in [0, 0.05) is 27.7 Å². The van der Waals surface area contributed by atoms with Crippen molar-refractivity contribution in [2.45, 2.75) is 58.3 Å². The van der Waals surface area contributed by atoms with Crippen LogP contribution in [0.2, 0.25) is 0 Å². The molecule has 0 spiro atoms. The SMILES string of the molecule is CC(=O)OCC1OC(OC(C)=O)C(NC#N)C(OC(C)=O)C1OC(C)=O. The number of nitriles is 1. The zero-order valence-corrected chi connectivity index (χ0v) is 14.7. The molecule has 0 aromatic heterocycles. The molecule has 5 atom stereocenters. The maximum Gasteiger partial charge on any atom is 0.305 e. The molecule has 1 heterocycles. The average molecular weight is 372 g/mol. The summed E-state index contributed by atoms with van der Waals surface area (Å²) in [5.74, 6) is -2.80. The van der Waals surface area contributed by atoms with Crippen molar-refractivity contribution in [3.63, 3.8) is 0 Å². The first-order valence-electron chi connectivity index (χ1n) is 7.60. The van der Waals surface area contributed by atoms with Crippen molar-refractivity contribution in [2.75, 3.05) is 6.61 Å². The number of hydrogen-bond donors (Lipinski definition) is 1. The maximum absolute atomic E-state index is 11.5. The van der Waals surface area contributed by atoms with E-state index in [0.29, 0.717) is 0 Å². The van der Waals surface area contributed by atoms with Crippen LogP contribution in [0, 0.1) is 11.5 Å². The summed E-state index contributed by atoms with van der Waals surface area (Å²) in [5.41, 5.74) is 0. The Balaban J connectivity index is 3.24. The van der Waals surface area contributed by atoms with E-state index < -0.39 is 54.5 Å². The lowest BCUT2D eigenvalue weighted by molar-refractivity contribution is -0.270. The first-order chi connectivity index (χ1) is 12.1. The molecular weight excluding hydrogens is 352 g/mol. The predicted octanol–water partition coefficient (Wildman–Crippen LogP) is -0.860. The quantitative estimate of drug-likeness (QED) is 0.268. The van der Waals surface area contributed by atoms with Crippen LogP contribution in [0.25, 0.3) is 0 Å². The fourth-order valence-corrected chi connectivity index (χ4v) is 2.39. The van der Waals surface area contributed by atoms with Crippen LogP contribution in [-0.2, 0) is 42.9 Å². The molecule has 11 nitrogen and oxygen atoms in total. The van der Waals surface area contributed by atoms with Crippen LogP contribution in [0.3, 0.4) is 0 Å². The third-order valence-corrected chi connectivity index (χ3v) is 3.21. The first-order valence-corrected chi connectivity index (χ1v) is 7.60. The van der Waals surface area contributed by atoms with Gasteiger partial charge < -0.3 is 29.0 Å². The van der Waals surface area contributed by atoms with Crippen LogP contribution in [-0.4, -0.2) is 61.1 Å². The summed E-state index contributed by atoms with van der Waals surface area (Å²) in [5, 5.41) is 11.3. The van der Waals surface area contributed by atoms with Crippen LogP contribution in [0.1, 0.15) is 27.7 Å². The summed E-state index contributed by atoms with van der Waals surface area (Å²) >= 11 is 0. The van der Waals surface area contributed by atoms with E-state index >= 15 is 0 Å². The van der Waals surface area contributed by atoms with Crippen LogP contribution < -0.4 is 5.32 Å². The van der Waals surface area contributed by atoms with E-state index in [0.717, 1.165) is 27.7 Å². The number of rotatable bonds is 6. The highest BCUT2D eigenvalue weighted by molar-refractivity contribution is 5.68. The Morgan fingerprint density at radius 1 is 0.923 bits per heavy atom. The van der Waals surface area contributed by atoms with E-state index in [1.165, 1.54) is 0 Å². The Hall–Kier alpha value is -2.87. The summed E-state index contributed by atoms with van der Waals surface area (Å²) in [7, 11) is 0. The summed E-state index contributed by atoms with van der Waals surface area (Å²) in [6, 6.07) is -1.15. The first kappa shape index (κ1) is 21.2. The number of carbonyl (C=O) groups excluding carboxylic acids is 4. The Labute approximate surface area is 149 Å². The van der Waals surface area contributed by atoms with Gasteiger partial charge >= 0.3 is 23.9 Å². The number of nitrogens with one attached hydrogen (secondary N) is 1. The van der Waals surface area contributed by atoms with Crippen LogP contribution in [0.5, 0.6) is 0 Å². The lowest BCUT2D eigenvalue weighted by Gasteiger charge is -2.43.